The van der Waals surface area contributed by atoms with E-state index in [0.717, 1.165) is 34.1 Å². The Morgan fingerprint density at radius 2 is 1.94 bits per heavy atom. The average molecular weight is 441 g/mol. The Morgan fingerprint density at radius 1 is 1.12 bits per heavy atom. The number of anilines is 1. The number of rotatable bonds is 6. The van der Waals surface area contributed by atoms with Crippen LogP contribution in [0.25, 0.3) is 33.4 Å². The molecule has 0 bridgehead atoms. The van der Waals surface area contributed by atoms with Crippen LogP contribution in [0.4, 0.5) is 5.95 Å². The summed E-state index contributed by atoms with van der Waals surface area (Å²) in [6.07, 6.45) is 12.0. The van der Waals surface area contributed by atoms with Crippen LogP contribution in [-0.2, 0) is 12.6 Å². The zero-order chi connectivity index (χ0) is 23.0. The van der Waals surface area contributed by atoms with Crippen molar-refractivity contribution in [1.29, 1.82) is 0 Å². The van der Waals surface area contributed by atoms with Gasteiger partial charge in [0.1, 0.15) is 11.2 Å². The van der Waals surface area contributed by atoms with Gasteiger partial charge in [0.25, 0.3) is 0 Å². The van der Waals surface area contributed by atoms with E-state index in [1.807, 2.05) is 38.6 Å². The number of aliphatic hydroxyl groups is 1. The molecule has 33 heavy (non-hydrogen) atoms. The van der Waals surface area contributed by atoms with Gasteiger partial charge in [-0.15, -0.1) is 0 Å². The highest BCUT2D eigenvalue weighted by Gasteiger charge is 2.33. The summed E-state index contributed by atoms with van der Waals surface area (Å²) >= 11 is 0. The second kappa shape index (κ2) is 8.10. The summed E-state index contributed by atoms with van der Waals surface area (Å²) in [5.41, 5.74) is 10.0. The van der Waals surface area contributed by atoms with Crippen molar-refractivity contribution in [3.05, 3.63) is 72.7 Å². The predicted molar refractivity (Wildman–Crippen MR) is 126 cm³/mol. The van der Waals surface area contributed by atoms with E-state index in [1.54, 1.807) is 41.5 Å². The van der Waals surface area contributed by atoms with Crippen molar-refractivity contribution >= 4 is 17.0 Å². The Hall–Kier alpha value is -4.11. The van der Waals surface area contributed by atoms with Crippen molar-refractivity contribution < 1.29 is 5.11 Å². The highest BCUT2D eigenvalue weighted by Crippen LogP contribution is 2.36. The second-order valence-corrected chi connectivity index (χ2v) is 8.07. The van der Waals surface area contributed by atoms with Gasteiger partial charge in [0.05, 0.1) is 17.6 Å². The fraction of sp³-hybridized carbons (Fsp3) is 0.208. The lowest BCUT2D eigenvalue weighted by molar-refractivity contribution is 0.0656. The van der Waals surface area contributed by atoms with E-state index in [0.29, 0.717) is 23.4 Å². The van der Waals surface area contributed by atoms with Gasteiger partial charge in [0.2, 0.25) is 5.95 Å². The summed E-state index contributed by atoms with van der Waals surface area (Å²) in [5.74, 6) is 0.0943. The molecule has 0 spiro atoms. The molecule has 0 aliphatic carbocycles. The molecule has 5 aromatic rings. The molecular weight excluding hydrogens is 416 g/mol. The number of fused-ring (bicyclic) bond motifs is 1. The SMILES string of the molecule is CCCC(O)(c1ccncc1)c1cc(-c2c[nH]c3ncc(-c4cnn(C)c4)cc23)nc(N)n1. The topological polar surface area (TPSA) is 131 Å². The Kier molecular flexibility index (Phi) is 5.10. The van der Waals surface area contributed by atoms with Gasteiger partial charge >= 0.3 is 0 Å². The predicted octanol–water partition coefficient (Wildman–Crippen LogP) is 3.43. The van der Waals surface area contributed by atoms with Crippen LogP contribution < -0.4 is 5.73 Å². The normalized spacial score (nSPS) is 13.3. The molecule has 1 unspecified atom stereocenters. The number of aromatic amines is 1. The average Bonchev–Trinajstić information content (AvgIpc) is 3.45. The molecule has 5 aromatic heterocycles. The van der Waals surface area contributed by atoms with Crippen molar-refractivity contribution in [3.8, 4) is 22.4 Å². The molecule has 5 rings (SSSR count). The van der Waals surface area contributed by atoms with Gasteiger partial charge < -0.3 is 15.8 Å². The minimum Gasteiger partial charge on any atom is -0.379 e. The maximum absolute atomic E-state index is 11.7. The second-order valence-electron chi connectivity index (χ2n) is 8.07. The number of nitrogen functional groups attached to an aromatic ring is 1. The molecule has 0 aromatic carbocycles. The maximum atomic E-state index is 11.7. The maximum Gasteiger partial charge on any atom is 0.220 e. The largest absolute Gasteiger partial charge is 0.379 e. The molecule has 5 heterocycles. The lowest BCUT2D eigenvalue weighted by Crippen LogP contribution is -2.29. The molecule has 4 N–H and O–H groups in total. The zero-order valence-corrected chi connectivity index (χ0v) is 18.4. The van der Waals surface area contributed by atoms with Crippen LogP contribution in [0.5, 0.6) is 0 Å². The molecule has 166 valence electrons. The number of aromatic nitrogens is 7. The Bertz CT molecular complexity index is 1430. The fourth-order valence-electron chi connectivity index (χ4n) is 4.17. The first-order chi connectivity index (χ1) is 16.0. The van der Waals surface area contributed by atoms with Crippen molar-refractivity contribution in [1.82, 2.24) is 34.7 Å². The molecule has 0 aliphatic heterocycles. The Morgan fingerprint density at radius 3 is 2.67 bits per heavy atom. The lowest BCUT2D eigenvalue weighted by atomic mass is 9.86. The van der Waals surface area contributed by atoms with E-state index in [1.165, 1.54) is 0 Å². The minimum absolute atomic E-state index is 0.0943. The van der Waals surface area contributed by atoms with Gasteiger partial charge in [0.15, 0.2) is 0 Å². The number of hydrogen-bond donors (Lipinski definition) is 3. The van der Waals surface area contributed by atoms with Gasteiger partial charge in [0, 0.05) is 60.1 Å². The van der Waals surface area contributed by atoms with Crippen LogP contribution in [-0.4, -0.2) is 39.8 Å². The zero-order valence-electron chi connectivity index (χ0n) is 18.4. The number of nitrogens with zero attached hydrogens (tertiary/aromatic N) is 6. The third kappa shape index (κ3) is 3.72. The van der Waals surface area contributed by atoms with E-state index in [9.17, 15) is 5.11 Å². The highest BCUT2D eigenvalue weighted by atomic mass is 16.3. The summed E-state index contributed by atoms with van der Waals surface area (Å²) in [7, 11) is 1.88. The first kappa shape index (κ1) is 20.8. The molecule has 0 saturated carbocycles. The van der Waals surface area contributed by atoms with Crippen molar-refractivity contribution in [3.63, 3.8) is 0 Å². The molecule has 9 nitrogen and oxygen atoms in total. The van der Waals surface area contributed by atoms with E-state index in [2.05, 4.69) is 30.0 Å². The van der Waals surface area contributed by atoms with Gasteiger partial charge in [-0.05, 0) is 36.2 Å². The number of pyridine rings is 2. The first-order valence-corrected chi connectivity index (χ1v) is 10.7. The smallest absolute Gasteiger partial charge is 0.220 e. The molecule has 0 radical (unpaired) electrons. The number of hydrogen-bond acceptors (Lipinski definition) is 7. The number of aryl methyl sites for hydroxylation is 1. The minimum atomic E-state index is -1.31. The number of nitrogens with one attached hydrogen (secondary N) is 1. The van der Waals surface area contributed by atoms with Gasteiger partial charge in [-0.2, -0.15) is 5.10 Å². The van der Waals surface area contributed by atoms with Crippen molar-refractivity contribution in [2.75, 3.05) is 5.73 Å². The van der Waals surface area contributed by atoms with E-state index in [4.69, 9.17) is 5.73 Å². The van der Waals surface area contributed by atoms with E-state index >= 15 is 0 Å². The Balaban J connectivity index is 1.65. The summed E-state index contributed by atoms with van der Waals surface area (Å²) in [5, 5.41) is 16.8. The summed E-state index contributed by atoms with van der Waals surface area (Å²) in [6.45, 7) is 2.02. The van der Waals surface area contributed by atoms with Crippen LogP contribution in [0.3, 0.4) is 0 Å². The van der Waals surface area contributed by atoms with Crippen molar-refractivity contribution in [2.45, 2.75) is 25.4 Å². The molecule has 0 fully saturated rings. The van der Waals surface area contributed by atoms with Gasteiger partial charge in [-0.3, -0.25) is 9.67 Å². The van der Waals surface area contributed by atoms with Gasteiger partial charge in [-0.1, -0.05) is 13.3 Å². The summed E-state index contributed by atoms with van der Waals surface area (Å²) < 4.78 is 1.75. The monoisotopic (exact) mass is 440 g/mol. The van der Waals surface area contributed by atoms with Crippen LogP contribution in [0.15, 0.2) is 61.4 Å². The van der Waals surface area contributed by atoms with Crippen LogP contribution >= 0.6 is 0 Å². The van der Waals surface area contributed by atoms with Crippen LogP contribution in [0.2, 0.25) is 0 Å². The molecule has 0 saturated heterocycles. The van der Waals surface area contributed by atoms with E-state index in [-0.39, 0.29) is 5.95 Å². The standard InChI is InChI=1S/C24H24N8O/c1-3-6-24(33,17-4-7-26-8-5-17)21-10-20(30-23(25)31-21)19-13-28-22-18(19)9-15(11-27-22)16-12-29-32(2)14-16/h4-5,7-14,33H,3,6H2,1-2H3,(H,27,28)(H2,25,30,31). The lowest BCUT2D eigenvalue weighted by Gasteiger charge is -2.28. The quantitative estimate of drug-likeness (QED) is 0.368. The molecule has 0 amide bonds. The summed E-state index contributed by atoms with van der Waals surface area (Å²) in [4.78, 5) is 20.7. The fourth-order valence-corrected chi connectivity index (χ4v) is 4.17. The van der Waals surface area contributed by atoms with Gasteiger partial charge in [-0.25, -0.2) is 15.0 Å². The Labute approximate surface area is 190 Å². The third-order valence-corrected chi connectivity index (χ3v) is 5.78. The highest BCUT2D eigenvalue weighted by molar-refractivity contribution is 5.95. The molecule has 0 aliphatic rings. The number of H-pyrrole nitrogens is 1. The van der Waals surface area contributed by atoms with Crippen molar-refractivity contribution in [2.24, 2.45) is 7.05 Å². The molecular formula is C24H24N8O. The van der Waals surface area contributed by atoms with Crippen LogP contribution in [0, 0.1) is 0 Å². The van der Waals surface area contributed by atoms with E-state index < -0.39 is 5.60 Å². The summed E-state index contributed by atoms with van der Waals surface area (Å²) in [6, 6.07) is 7.43. The molecule has 9 heteroatoms. The van der Waals surface area contributed by atoms with Crippen LogP contribution in [0.1, 0.15) is 31.0 Å². The molecule has 1 atom stereocenters. The number of nitrogens with two attached hydrogens (primary N) is 1. The first-order valence-electron chi connectivity index (χ1n) is 10.7. The third-order valence-electron chi connectivity index (χ3n) is 5.78.